The van der Waals surface area contributed by atoms with E-state index in [0.717, 1.165) is 18.4 Å². The average molecular weight is 529 g/mol. The van der Waals surface area contributed by atoms with Gasteiger partial charge in [0, 0.05) is 5.41 Å². The summed E-state index contributed by atoms with van der Waals surface area (Å²) in [6, 6.07) is 23.2. The highest BCUT2D eigenvalue weighted by molar-refractivity contribution is 5.96. The van der Waals surface area contributed by atoms with E-state index in [1.54, 1.807) is 18.2 Å². The molecule has 3 aromatic rings. The van der Waals surface area contributed by atoms with Crippen molar-refractivity contribution >= 4 is 11.9 Å². The molecule has 208 valence electrons. The zero-order valence-corrected chi connectivity index (χ0v) is 24.7. The van der Waals surface area contributed by atoms with Gasteiger partial charge in [-0.15, -0.1) is 0 Å². The highest BCUT2D eigenvalue weighted by atomic mass is 16.5. The summed E-state index contributed by atoms with van der Waals surface area (Å²) in [6.07, 6.45) is 5.33. The molecule has 0 amide bonds. The van der Waals surface area contributed by atoms with E-state index in [4.69, 9.17) is 9.47 Å². The first-order valence-electron chi connectivity index (χ1n) is 14.3. The molecular formula is C35H44O4. The van der Waals surface area contributed by atoms with Gasteiger partial charge in [-0.2, -0.15) is 0 Å². The normalized spacial score (nSPS) is 13.8. The molecule has 0 heterocycles. The Kier molecular flexibility index (Phi) is 10.1. The molecule has 4 nitrogen and oxygen atoms in total. The fourth-order valence-electron chi connectivity index (χ4n) is 4.76. The molecule has 0 radical (unpaired) electrons. The van der Waals surface area contributed by atoms with Crippen molar-refractivity contribution in [3.05, 3.63) is 101 Å². The molecular weight excluding hydrogens is 484 g/mol. The van der Waals surface area contributed by atoms with Gasteiger partial charge in [-0.1, -0.05) is 96.8 Å². The summed E-state index contributed by atoms with van der Waals surface area (Å²) in [5.41, 5.74) is 4.40. The maximum absolute atomic E-state index is 12.8. The lowest BCUT2D eigenvalue weighted by Crippen LogP contribution is -2.22. The van der Waals surface area contributed by atoms with Crippen LogP contribution in [0, 0.1) is 0 Å². The van der Waals surface area contributed by atoms with Gasteiger partial charge in [0.15, 0.2) is 0 Å². The van der Waals surface area contributed by atoms with Crippen LogP contribution in [0.5, 0.6) is 5.75 Å². The fraction of sp³-hybridized carbons (Fsp3) is 0.429. The SMILES string of the molecule is CCCCC(C)(CC)c1ccc(C(C)(C)c2ccc(OC(=O)c3cccc(C(=O)OC(C)CC)c3)cc2)cc1. The van der Waals surface area contributed by atoms with E-state index in [9.17, 15) is 9.59 Å². The predicted molar refractivity (Wildman–Crippen MR) is 159 cm³/mol. The van der Waals surface area contributed by atoms with Crippen LogP contribution in [0.3, 0.4) is 0 Å². The molecule has 0 N–H and O–H groups in total. The third-order valence-electron chi connectivity index (χ3n) is 8.17. The summed E-state index contributed by atoms with van der Waals surface area (Å²) in [5.74, 6) is -0.506. The van der Waals surface area contributed by atoms with E-state index < -0.39 is 11.9 Å². The van der Waals surface area contributed by atoms with Crippen LogP contribution in [0.4, 0.5) is 0 Å². The van der Waals surface area contributed by atoms with E-state index in [1.807, 2.05) is 38.1 Å². The Morgan fingerprint density at radius 1 is 0.769 bits per heavy atom. The van der Waals surface area contributed by atoms with Gasteiger partial charge in [-0.3, -0.25) is 0 Å². The Balaban J connectivity index is 1.71. The molecule has 0 aliphatic heterocycles. The lowest BCUT2D eigenvalue weighted by molar-refractivity contribution is 0.0334. The summed E-state index contributed by atoms with van der Waals surface area (Å²) in [7, 11) is 0. The molecule has 2 atom stereocenters. The van der Waals surface area contributed by atoms with Gasteiger partial charge < -0.3 is 9.47 Å². The quantitative estimate of drug-likeness (QED) is 0.174. The molecule has 3 rings (SSSR count). The standard InChI is InChI=1S/C35H44O4/c1-8-11-23-35(7,10-3)30-17-15-28(16-18-30)34(5,6)29-19-21-31(22-20-29)39-33(37)27-14-12-13-26(24-27)32(36)38-25(4)9-2/h12-22,24-25H,8-11,23H2,1-7H3. The van der Waals surface area contributed by atoms with Crippen LogP contribution in [-0.4, -0.2) is 18.0 Å². The first-order valence-corrected chi connectivity index (χ1v) is 14.3. The van der Waals surface area contributed by atoms with Gasteiger partial charge in [0.2, 0.25) is 0 Å². The minimum Gasteiger partial charge on any atom is -0.459 e. The fourth-order valence-corrected chi connectivity index (χ4v) is 4.76. The summed E-state index contributed by atoms with van der Waals surface area (Å²) >= 11 is 0. The molecule has 0 aromatic heterocycles. The molecule has 0 fully saturated rings. The van der Waals surface area contributed by atoms with Crippen LogP contribution in [0.2, 0.25) is 0 Å². The highest BCUT2D eigenvalue weighted by Gasteiger charge is 2.27. The van der Waals surface area contributed by atoms with Crippen molar-refractivity contribution in [1.82, 2.24) is 0 Å². The van der Waals surface area contributed by atoms with E-state index in [0.29, 0.717) is 16.9 Å². The number of benzene rings is 3. The number of carbonyl (C=O) groups excluding carboxylic acids is 2. The van der Waals surface area contributed by atoms with Crippen molar-refractivity contribution in [1.29, 1.82) is 0 Å². The van der Waals surface area contributed by atoms with Gasteiger partial charge in [0.1, 0.15) is 5.75 Å². The highest BCUT2D eigenvalue weighted by Crippen LogP contribution is 2.37. The van der Waals surface area contributed by atoms with Crippen LogP contribution in [0.15, 0.2) is 72.8 Å². The number of hydrogen-bond donors (Lipinski definition) is 0. The molecule has 0 saturated heterocycles. The summed E-state index contributed by atoms with van der Waals surface area (Å²) < 4.78 is 11.0. The Morgan fingerprint density at radius 2 is 1.31 bits per heavy atom. The zero-order valence-electron chi connectivity index (χ0n) is 24.7. The van der Waals surface area contributed by atoms with Crippen molar-refractivity contribution in [2.24, 2.45) is 0 Å². The second-order valence-electron chi connectivity index (χ2n) is 11.3. The molecule has 2 unspecified atom stereocenters. The van der Waals surface area contributed by atoms with Crippen LogP contribution >= 0.6 is 0 Å². The van der Waals surface area contributed by atoms with Crippen molar-refractivity contribution in [2.75, 3.05) is 0 Å². The van der Waals surface area contributed by atoms with Crippen LogP contribution < -0.4 is 4.74 Å². The molecule has 0 spiro atoms. The molecule has 0 aliphatic rings. The number of hydrogen-bond acceptors (Lipinski definition) is 4. The molecule has 0 bridgehead atoms. The van der Waals surface area contributed by atoms with Crippen LogP contribution in [0.25, 0.3) is 0 Å². The number of carbonyl (C=O) groups is 2. The Labute approximate surface area is 234 Å². The Morgan fingerprint density at radius 3 is 1.85 bits per heavy atom. The van der Waals surface area contributed by atoms with E-state index in [1.165, 1.54) is 36.5 Å². The van der Waals surface area contributed by atoms with Crippen molar-refractivity contribution in [3.63, 3.8) is 0 Å². The molecule has 0 aliphatic carbocycles. The number of unbranched alkanes of at least 4 members (excludes halogenated alkanes) is 1. The lowest BCUT2D eigenvalue weighted by atomic mass is 9.73. The number of esters is 2. The summed E-state index contributed by atoms with van der Waals surface area (Å²) in [5, 5.41) is 0. The Hall–Kier alpha value is -3.40. The van der Waals surface area contributed by atoms with Crippen LogP contribution in [-0.2, 0) is 15.6 Å². The zero-order chi connectivity index (χ0) is 28.6. The maximum Gasteiger partial charge on any atom is 0.343 e. The van der Waals surface area contributed by atoms with Crippen molar-refractivity contribution < 1.29 is 19.1 Å². The second-order valence-corrected chi connectivity index (χ2v) is 11.3. The average Bonchev–Trinajstić information content (AvgIpc) is 2.96. The second kappa shape index (κ2) is 13.1. The predicted octanol–water partition coefficient (Wildman–Crippen LogP) is 9.04. The van der Waals surface area contributed by atoms with Gasteiger partial charge >= 0.3 is 11.9 Å². The van der Waals surface area contributed by atoms with E-state index in [2.05, 4.69) is 58.9 Å². The van der Waals surface area contributed by atoms with Crippen molar-refractivity contribution in [2.45, 2.75) is 97.5 Å². The maximum atomic E-state index is 12.8. The largest absolute Gasteiger partial charge is 0.459 e. The lowest BCUT2D eigenvalue weighted by Gasteiger charge is -2.31. The number of ether oxygens (including phenoxy) is 2. The first kappa shape index (κ1) is 30.1. The minimum atomic E-state index is -0.516. The van der Waals surface area contributed by atoms with Crippen LogP contribution in [0.1, 0.15) is 118 Å². The van der Waals surface area contributed by atoms with Gasteiger partial charge in [0.05, 0.1) is 17.2 Å². The minimum absolute atomic E-state index is 0.184. The van der Waals surface area contributed by atoms with Gasteiger partial charge in [-0.05, 0) is 78.6 Å². The van der Waals surface area contributed by atoms with E-state index >= 15 is 0 Å². The molecule has 4 heteroatoms. The first-order chi connectivity index (χ1) is 18.5. The molecule has 39 heavy (non-hydrogen) atoms. The van der Waals surface area contributed by atoms with Crippen molar-refractivity contribution in [3.8, 4) is 5.75 Å². The third kappa shape index (κ3) is 7.38. The van der Waals surface area contributed by atoms with E-state index in [-0.39, 0.29) is 16.9 Å². The Bertz CT molecular complexity index is 1240. The number of rotatable bonds is 12. The topological polar surface area (TPSA) is 52.6 Å². The van der Waals surface area contributed by atoms with Gasteiger partial charge in [-0.25, -0.2) is 9.59 Å². The van der Waals surface area contributed by atoms with Gasteiger partial charge in [0.25, 0.3) is 0 Å². The smallest absolute Gasteiger partial charge is 0.343 e. The monoisotopic (exact) mass is 528 g/mol. The summed E-state index contributed by atoms with van der Waals surface area (Å²) in [4.78, 5) is 25.1. The molecule has 3 aromatic carbocycles. The third-order valence-corrected chi connectivity index (χ3v) is 8.17. The molecule has 0 saturated carbocycles. The summed E-state index contributed by atoms with van der Waals surface area (Å²) in [6.45, 7) is 15.1.